The summed E-state index contributed by atoms with van der Waals surface area (Å²) in [6.45, 7) is 27.8. The lowest BCUT2D eigenvalue weighted by Gasteiger charge is -2.17. The Balaban J connectivity index is 0.000000166. The van der Waals surface area contributed by atoms with Crippen molar-refractivity contribution >= 4 is 28.7 Å². The van der Waals surface area contributed by atoms with Crippen LogP contribution >= 0.6 is 0 Å². The fraction of sp³-hybridized carbons (Fsp3) is 0.548. The van der Waals surface area contributed by atoms with Gasteiger partial charge >= 0.3 is 0 Å². The molecule has 1 amide bonds. The van der Waals surface area contributed by atoms with Crippen molar-refractivity contribution in [2.45, 2.75) is 138 Å². The minimum absolute atomic E-state index is 0.0905. The van der Waals surface area contributed by atoms with Crippen molar-refractivity contribution in [1.29, 1.82) is 0 Å². The first kappa shape index (κ1) is 37.9. The van der Waals surface area contributed by atoms with Crippen LogP contribution in [0, 0.1) is 0 Å². The zero-order valence-electron chi connectivity index (χ0n) is 32.2. The monoisotopic (exact) mass is 670 g/mol. The fourth-order valence-corrected chi connectivity index (χ4v) is 6.30. The average Bonchev–Trinajstić information content (AvgIpc) is 3.76. The average molecular weight is 671 g/mol. The molecule has 7 heteroatoms. The lowest BCUT2D eigenvalue weighted by Crippen LogP contribution is -2.12. The summed E-state index contributed by atoms with van der Waals surface area (Å²) in [7, 11) is 0. The quantitative estimate of drug-likeness (QED) is 0.181. The van der Waals surface area contributed by atoms with Crippen LogP contribution in [0.15, 0.2) is 36.4 Å². The Morgan fingerprint density at radius 3 is 1.65 bits per heavy atom. The second-order valence-electron chi connectivity index (χ2n) is 15.5. The summed E-state index contributed by atoms with van der Waals surface area (Å²) in [5, 5.41) is 13.3. The molecule has 0 saturated carbocycles. The highest BCUT2D eigenvalue weighted by atomic mass is 16.5. The van der Waals surface area contributed by atoms with Gasteiger partial charge in [-0.15, -0.1) is 0 Å². The van der Waals surface area contributed by atoms with E-state index in [1.165, 1.54) is 33.5 Å². The predicted molar refractivity (Wildman–Crippen MR) is 209 cm³/mol. The molecular weight excluding hydrogens is 608 g/mol. The molecule has 0 aromatic heterocycles. The van der Waals surface area contributed by atoms with Gasteiger partial charge in [-0.2, -0.15) is 0 Å². The van der Waals surface area contributed by atoms with Gasteiger partial charge in [0.1, 0.15) is 11.5 Å². The Morgan fingerprint density at radius 2 is 1.06 bits per heavy atom. The first-order valence-corrected chi connectivity index (χ1v) is 18.5. The molecule has 3 heterocycles. The molecule has 49 heavy (non-hydrogen) atoms. The zero-order chi connectivity index (χ0) is 36.0. The van der Waals surface area contributed by atoms with Crippen molar-refractivity contribution in [3.05, 3.63) is 69.8 Å². The Bertz CT molecular complexity index is 1510. The highest BCUT2D eigenvalue weighted by molar-refractivity contribution is 6.03. The summed E-state index contributed by atoms with van der Waals surface area (Å²) >= 11 is 0. The van der Waals surface area contributed by atoms with Crippen molar-refractivity contribution in [3.8, 4) is 11.5 Å². The van der Waals surface area contributed by atoms with E-state index in [0.717, 1.165) is 60.2 Å². The molecule has 3 aromatic carbocycles. The lowest BCUT2D eigenvalue weighted by molar-refractivity contribution is -0.115. The van der Waals surface area contributed by atoms with Crippen LogP contribution in [0.1, 0.15) is 134 Å². The van der Waals surface area contributed by atoms with Gasteiger partial charge < -0.3 is 30.7 Å². The molecule has 3 aliphatic heterocycles. The molecule has 0 fully saturated rings. The normalized spacial score (nSPS) is 14.1. The number of carbonyl (C=O) groups excluding carboxylic acids is 1. The lowest BCUT2D eigenvalue weighted by atomic mass is 9.98. The van der Waals surface area contributed by atoms with Gasteiger partial charge in [0, 0.05) is 42.2 Å². The summed E-state index contributed by atoms with van der Waals surface area (Å²) in [6.07, 6.45) is 2.58. The van der Waals surface area contributed by atoms with Gasteiger partial charge in [-0.05, 0) is 111 Å². The number of ether oxygens (including phenoxy) is 2. The van der Waals surface area contributed by atoms with Crippen LogP contribution in [0.4, 0.5) is 22.7 Å². The number of hydrogen-bond donors (Lipinski definition) is 4. The third kappa shape index (κ3) is 10.1. The number of rotatable bonds is 9. The highest BCUT2D eigenvalue weighted by Gasteiger charge is 2.23. The molecule has 0 saturated heterocycles. The molecular formula is C42H62N4O3. The molecule has 268 valence electrons. The number of carbonyl (C=O) groups is 1. The number of amides is 1. The second kappa shape index (κ2) is 16.7. The van der Waals surface area contributed by atoms with Crippen molar-refractivity contribution in [3.63, 3.8) is 0 Å². The third-order valence-electron chi connectivity index (χ3n) is 8.84. The minimum atomic E-state index is 0.0905. The van der Waals surface area contributed by atoms with E-state index in [2.05, 4.69) is 141 Å². The molecule has 0 aliphatic carbocycles. The van der Waals surface area contributed by atoms with Gasteiger partial charge in [0.15, 0.2) is 0 Å². The smallest absolute Gasteiger partial charge is 0.228 e. The number of nitrogens with one attached hydrogen (secondary N) is 4. The Hall–Kier alpha value is -3.87. The maximum Gasteiger partial charge on any atom is 0.228 e. The van der Waals surface area contributed by atoms with E-state index in [1.54, 1.807) is 0 Å². The standard InChI is InChI=1S/C14H20N2O.2C14H21NO/c1-8(2)10-5-11-7-13(17)16-14(11)12(6-10)15-9(3)4;1-9(2)11-7-13(15-10(3)4)12-5-6-16-14(12)8-11;1-9(2)12-7-11-5-6-16-14(11)13(8-12)15-10(3)4/h5-6,8-9,15H,7H2,1-4H3,(H,16,17);2*7-10,15H,5-6H2,1-4H3. The van der Waals surface area contributed by atoms with Crippen LogP contribution in [0.5, 0.6) is 11.5 Å². The molecule has 0 unspecified atom stereocenters. The molecule has 0 atom stereocenters. The van der Waals surface area contributed by atoms with Crippen molar-refractivity contribution in [2.75, 3.05) is 34.5 Å². The topological polar surface area (TPSA) is 83.7 Å². The van der Waals surface area contributed by atoms with Crippen molar-refractivity contribution in [1.82, 2.24) is 0 Å². The Labute approximate surface area is 296 Å². The van der Waals surface area contributed by atoms with Gasteiger partial charge in [-0.25, -0.2) is 0 Å². The van der Waals surface area contributed by atoms with Crippen LogP contribution < -0.4 is 30.7 Å². The first-order valence-electron chi connectivity index (χ1n) is 18.5. The van der Waals surface area contributed by atoms with E-state index in [4.69, 9.17) is 9.47 Å². The third-order valence-corrected chi connectivity index (χ3v) is 8.84. The van der Waals surface area contributed by atoms with E-state index in [-0.39, 0.29) is 5.91 Å². The van der Waals surface area contributed by atoms with E-state index >= 15 is 0 Å². The highest BCUT2D eigenvalue weighted by Crippen LogP contribution is 2.38. The number of hydrogen-bond acceptors (Lipinski definition) is 6. The molecule has 4 N–H and O–H groups in total. The van der Waals surface area contributed by atoms with Crippen LogP contribution in [0.3, 0.4) is 0 Å². The van der Waals surface area contributed by atoms with Gasteiger partial charge in [-0.3, -0.25) is 4.79 Å². The van der Waals surface area contributed by atoms with E-state index in [0.29, 0.717) is 42.3 Å². The van der Waals surface area contributed by atoms with Gasteiger partial charge in [-0.1, -0.05) is 53.7 Å². The minimum Gasteiger partial charge on any atom is -0.493 e. The SMILES string of the molecule is CC(C)Nc1cc(C(C)C)cc2c1CCO2.CC(C)Nc1cc(C(C)C)cc2c1NC(=O)C2.CC(C)Nc1cc(C(C)C)cc2c1OCC2. The van der Waals surface area contributed by atoms with E-state index in [1.807, 2.05) is 0 Å². The first-order chi connectivity index (χ1) is 23.1. The summed E-state index contributed by atoms with van der Waals surface area (Å²) in [5.41, 5.74) is 12.3. The van der Waals surface area contributed by atoms with Gasteiger partial charge in [0.25, 0.3) is 0 Å². The number of benzene rings is 3. The predicted octanol–water partition coefficient (Wildman–Crippen LogP) is 10.3. The summed E-state index contributed by atoms with van der Waals surface area (Å²) in [6, 6.07) is 14.5. The largest absolute Gasteiger partial charge is 0.493 e. The van der Waals surface area contributed by atoms with E-state index < -0.39 is 0 Å². The summed E-state index contributed by atoms with van der Waals surface area (Å²) < 4.78 is 11.4. The Morgan fingerprint density at radius 1 is 0.571 bits per heavy atom. The molecule has 0 radical (unpaired) electrons. The summed E-state index contributed by atoms with van der Waals surface area (Å²) in [4.78, 5) is 11.5. The van der Waals surface area contributed by atoms with Gasteiger partial charge in [0.05, 0.1) is 36.7 Å². The van der Waals surface area contributed by atoms with E-state index in [9.17, 15) is 4.79 Å². The van der Waals surface area contributed by atoms with Crippen LogP contribution in [0.25, 0.3) is 0 Å². The van der Waals surface area contributed by atoms with Crippen molar-refractivity contribution < 1.29 is 14.3 Å². The molecule has 0 spiro atoms. The van der Waals surface area contributed by atoms with Crippen molar-refractivity contribution in [2.24, 2.45) is 0 Å². The van der Waals surface area contributed by atoms with Crippen LogP contribution in [0.2, 0.25) is 0 Å². The van der Waals surface area contributed by atoms with Gasteiger partial charge in [0.2, 0.25) is 5.91 Å². The van der Waals surface area contributed by atoms with Crippen LogP contribution in [-0.4, -0.2) is 37.2 Å². The number of anilines is 4. The zero-order valence-corrected chi connectivity index (χ0v) is 32.2. The van der Waals surface area contributed by atoms with Crippen LogP contribution in [-0.2, 0) is 24.1 Å². The maximum absolute atomic E-state index is 11.5. The summed E-state index contributed by atoms with van der Waals surface area (Å²) in [5.74, 6) is 3.82. The molecule has 7 nitrogen and oxygen atoms in total. The fourth-order valence-electron chi connectivity index (χ4n) is 6.30. The maximum atomic E-state index is 11.5. The second-order valence-corrected chi connectivity index (χ2v) is 15.5. The molecule has 3 aromatic rings. The molecule has 6 rings (SSSR count). The Kier molecular flexibility index (Phi) is 12.9. The number of fused-ring (bicyclic) bond motifs is 3. The molecule has 3 aliphatic rings. The molecule has 0 bridgehead atoms.